The van der Waals surface area contributed by atoms with Crippen LogP contribution in [0.4, 0.5) is 4.39 Å². The van der Waals surface area contributed by atoms with E-state index >= 15 is 0 Å². The number of halogens is 1. The molecular formula is C25H34FN3O4S. The van der Waals surface area contributed by atoms with Crippen molar-refractivity contribution in [1.82, 2.24) is 14.5 Å². The highest BCUT2D eigenvalue weighted by Crippen LogP contribution is 2.31. The molecule has 34 heavy (non-hydrogen) atoms. The van der Waals surface area contributed by atoms with Crippen LogP contribution in [0.2, 0.25) is 0 Å². The molecule has 186 valence electrons. The molecule has 0 radical (unpaired) electrons. The van der Waals surface area contributed by atoms with E-state index in [1.54, 1.807) is 10.8 Å². The Balaban J connectivity index is 1.62. The molecule has 2 aromatic rings. The van der Waals surface area contributed by atoms with Gasteiger partial charge in [0.1, 0.15) is 5.82 Å². The third kappa shape index (κ3) is 6.44. The Bertz CT molecular complexity index is 1090. The van der Waals surface area contributed by atoms with Crippen LogP contribution >= 0.6 is 0 Å². The predicted molar refractivity (Wildman–Crippen MR) is 126 cm³/mol. The molecule has 9 heteroatoms. The highest BCUT2D eigenvalue weighted by Gasteiger charge is 2.31. The van der Waals surface area contributed by atoms with E-state index in [1.165, 1.54) is 24.3 Å². The Kier molecular flexibility index (Phi) is 7.72. The van der Waals surface area contributed by atoms with Gasteiger partial charge in [0.25, 0.3) is 0 Å². The molecule has 7 nitrogen and oxygen atoms in total. The van der Waals surface area contributed by atoms with Gasteiger partial charge in [-0.05, 0) is 55.2 Å². The largest absolute Gasteiger partial charge is 0.376 e. The van der Waals surface area contributed by atoms with Gasteiger partial charge in [-0.15, -0.1) is 0 Å². The molecule has 1 saturated carbocycles. The molecule has 0 N–H and O–H groups in total. The molecule has 2 aliphatic rings. The van der Waals surface area contributed by atoms with E-state index in [-0.39, 0.29) is 28.8 Å². The summed E-state index contributed by atoms with van der Waals surface area (Å²) in [6, 6.07) is 5.46. The lowest BCUT2D eigenvalue weighted by atomic mass is 10.1. The predicted octanol–water partition coefficient (Wildman–Crippen LogP) is 3.96. The Morgan fingerprint density at radius 1 is 1.24 bits per heavy atom. The van der Waals surface area contributed by atoms with Crippen LogP contribution in [0, 0.1) is 17.7 Å². The summed E-state index contributed by atoms with van der Waals surface area (Å²) in [5.41, 5.74) is 1.20. The van der Waals surface area contributed by atoms with Crippen molar-refractivity contribution in [1.29, 1.82) is 0 Å². The zero-order valence-corrected chi connectivity index (χ0v) is 20.8. The first kappa shape index (κ1) is 24.9. The average Bonchev–Trinajstić information content (AvgIpc) is 3.26. The Morgan fingerprint density at radius 2 is 1.97 bits per heavy atom. The summed E-state index contributed by atoms with van der Waals surface area (Å²) in [6.45, 7) is 6.10. The number of ether oxygens (including phenoxy) is 1. The molecular weight excluding hydrogens is 457 g/mol. The second-order valence-corrected chi connectivity index (χ2v) is 11.9. The summed E-state index contributed by atoms with van der Waals surface area (Å²) in [5, 5.41) is -0.0231. The lowest BCUT2D eigenvalue weighted by molar-refractivity contribution is -0.133. The van der Waals surface area contributed by atoms with Crippen LogP contribution in [-0.4, -0.2) is 48.0 Å². The summed E-state index contributed by atoms with van der Waals surface area (Å²) in [5.74, 6) is 0.172. The SMILES string of the molecule is CC(C)CC(=O)N(Cc1cnc(S(=O)(=O)Cc2ccc(F)cc2)n1C[C@@H]1CCCO1)CC1CC1. The molecule has 0 spiro atoms. The number of hydrogen-bond donors (Lipinski definition) is 0. The van der Waals surface area contributed by atoms with E-state index < -0.39 is 15.7 Å². The van der Waals surface area contributed by atoms with Gasteiger partial charge in [0, 0.05) is 19.6 Å². The second-order valence-electron chi connectivity index (χ2n) is 9.98. The van der Waals surface area contributed by atoms with Gasteiger partial charge < -0.3 is 14.2 Å². The van der Waals surface area contributed by atoms with Crippen LogP contribution in [0.1, 0.15) is 57.2 Å². The van der Waals surface area contributed by atoms with Gasteiger partial charge in [0.05, 0.1) is 36.8 Å². The topological polar surface area (TPSA) is 81.5 Å². The molecule has 1 aliphatic heterocycles. The number of carbonyl (C=O) groups excluding carboxylic acids is 1. The fourth-order valence-corrected chi connectivity index (χ4v) is 5.86. The summed E-state index contributed by atoms with van der Waals surface area (Å²) in [4.78, 5) is 19.1. The zero-order valence-electron chi connectivity index (χ0n) is 20.0. The summed E-state index contributed by atoms with van der Waals surface area (Å²) in [6.07, 6.45) is 5.99. The number of sulfone groups is 1. The lowest BCUT2D eigenvalue weighted by Crippen LogP contribution is -2.34. The molecule has 0 bridgehead atoms. The highest BCUT2D eigenvalue weighted by atomic mass is 32.2. The van der Waals surface area contributed by atoms with E-state index in [1.807, 2.05) is 18.7 Å². The van der Waals surface area contributed by atoms with Gasteiger partial charge in [-0.2, -0.15) is 0 Å². The van der Waals surface area contributed by atoms with Crippen molar-refractivity contribution in [3.05, 3.63) is 47.5 Å². The maximum absolute atomic E-state index is 13.3. The molecule has 4 rings (SSSR count). The van der Waals surface area contributed by atoms with Crippen LogP contribution in [0.25, 0.3) is 0 Å². The van der Waals surface area contributed by atoms with Crippen molar-refractivity contribution in [3.63, 3.8) is 0 Å². The first-order valence-corrected chi connectivity index (χ1v) is 13.8. The number of nitrogens with zero attached hydrogens (tertiary/aromatic N) is 3. The standard InChI is InChI=1S/C25H34FN3O4S/c1-18(2)12-24(30)28(14-19-5-6-19)15-22-13-27-25(29(22)16-23-4-3-11-33-23)34(31,32)17-20-7-9-21(26)10-8-20/h7-10,13,18-19,23H,3-6,11-12,14-17H2,1-2H3/t23-/m0/s1. The number of aromatic nitrogens is 2. The minimum absolute atomic E-state index is 0.0231. The number of imidazole rings is 1. The van der Waals surface area contributed by atoms with E-state index in [4.69, 9.17) is 4.74 Å². The third-order valence-corrected chi connectivity index (χ3v) is 7.92. The van der Waals surface area contributed by atoms with Crippen molar-refractivity contribution in [2.75, 3.05) is 13.2 Å². The van der Waals surface area contributed by atoms with Crippen molar-refractivity contribution < 1.29 is 22.3 Å². The van der Waals surface area contributed by atoms with Crippen LogP contribution in [0.3, 0.4) is 0 Å². The minimum Gasteiger partial charge on any atom is -0.376 e. The van der Waals surface area contributed by atoms with Crippen molar-refractivity contribution in [2.24, 2.45) is 11.8 Å². The number of hydrogen-bond acceptors (Lipinski definition) is 5. The smallest absolute Gasteiger partial charge is 0.228 e. The monoisotopic (exact) mass is 491 g/mol. The van der Waals surface area contributed by atoms with Gasteiger partial charge >= 0.3 is 0 Å². The average molecular weight is 492 g/mol. The fraction of sp³-hybridized carbons (Fsp3) is 0.600. The van der Waals surface area contributed by atoms with Crippen LogP contribution in [0.15, 0.2) is 35.6 Å². The molecule has 1 amide bonds. The van der Waals surface area contributed by atoms with E-state index in [9.17, 15) is 17.6 Å². The quantitative estimate of drug-likeness (QED) is 0.475. The molecule has 1 aromatic carbocycles. The first-order valence-electron chi connectivity index (χ1n) is 12.1. The normalized spacial score (nSPS) is 18.5. The first-order chi connectivity index (χ1) is 16.2. The minimum atomic E-state index is -3.79. The summed E-state index contributed by atoms with van der Waals surface area (Å²) in [7, 11) is -3.79. The fourth-order valence-electron chi connectivity index (χ4n) is 4.36. The number of amides is 1. The Morgan fingerprint density at radius 3 is 2.59 bits per heavy atom. The van der Waals surface area contributed by atoms with Crippen LogP contribution in [0.5, 0.6) is 0 Å². The number of carbonyl (C=O) groups is 1. The van der Waals surface area contributed by atoms with Gasteiger partial charge in [-0.1, -0.05) is 26.0 Å². The molecule has 0 unspecified atom stereocenters. The summed E-state index contributed by atoms with van der Waals surface area (Å²) >= 11 is 0. The molecule has 1 aliphatic carbocycles. The van der Waals surface area contributed by atoms with Gasteiger partial charge in [0.2, 0.25) is 20.9 Å². The van der Waals surface area contributed by atoms with Gasteiger partial charge in [0.15, 0.2) is 0 Å². The van der Waals surface area contributed by atoms with Crippen molar-refractivity contribution in [2.45, 2.75) is 76.1 Å². The maximum atomic E-state index is 13.3. The van der Waals surface area contributed by atoms with Crippen LogP contribution < -0.4 is 0 Å². The molecule has 2 fully saturated rings. The molecule has 1 saturated heterocycles. The van der Waals surface area contributed by atoms with Crippen molar-refractivity contribution in [3.8, 4) is 0 Å². The zero-order chi connectivity index (χ0) is 24.3. The van der Waals surface area contributed by atoms with Crippen molar-refractivity contribution >= 4 is 15.7 Å². The Labute approximate surface area is 201 Å². The number of benzene rings is 1. The molecule has 1 atom stereocenters. The molecule has 1 aromatic heterocycles. The van der Waals surface area contributed by atoms with Crippen LogP contribution in [-0.2, 0) is 38.2 Å². The lowest BCUT2D eigenvalue weighted by Gasteiger charge is -2.25. The van der Waals surface area contributed by atoms with E-state index in [0.717, 1.165) is 25.7 Å². The second kappa shape index (κ2) is 10.6. The van der Waals surface area contributed by atoms with Gasteiger partial charge in [-0.3, -0.25) is 4.79 Å². The number of rotatable bonds is 11. The van der Waals surface area contributed by atoms with E-state index in [0.29, 0.717) is 49.8 Å². The maximum Gasteiger partial charge on any atom is 0.228 e. The summed E-state index contributed by atoms with van der Waals surface area (Å²) < 4.78 is 47.5. The third-order valence-electron chi connectivity index (χ3n) is 6.32. The van der Waals surface area contributed by atoms with Gasteiger partial charge in [-0.25, -0.2) is 17.8 Å². The molecule has 2 heterocycles. The highest BCUT2D eigenvalue weighted by molar-refractivity contribution is 7.90. The van der Waals surface area contributed by atoms with E-state index in [2.05, 4.69) is 4.98 Å². The Hall–Kier alpha value is -2.26.